The smallest absolute Gasteiger partial charge is 0.257 e. The third-order valence-corrected chi connectivity index (χ3v) is 4.40. The van der Waals surface area contributed by atoms with Crippen molar-refractivity contribution < 1.29 is 28.5 Å². The topological polar surface area (TPSA) is 87.0 Å². The van der Waals surface area contributed by atoms with Crippen molar-refractivity contribution in [3.8, 4) is 11.6 Å². The predicted molar refractivity (Wildman–Crippen MR) is 92.5 cm³/mol. The quantitative estimate of drug-likeness (QED) is 0.705. The van der Waals surface area contributed by atoms with Crippen molar-refractivity contribution in [1.29, 1.82) is 0 Å². The van der Waals surface area contributed by atoms with Crippen LogP contribution in [0.3, 0.4) is 0 Å². The Morgan fingerprint density at radius 3 is 2.44 bits per heavy atom. The highest BCUT2D eigenvalue weighted by molar-refractivity contribution is 5.97. The Morgan fingerprint density at radius 2 is 1.78 bits per heavy atom. The number of nitrogens with zero attached hydrogens (tertiary/aromatic N) is 2. The minimum absolute atomic E-state index is 0.105. The summed E-state index contributed by atoms with van der Waals surface area (Å²) in [7, 11) is 0. The van der Waals surface area contributed by atoms with Crippen LogP contribution in [-0.4, -0.2) is 58.4 Å². The standard InChI is InChI=1S/C18H21F2N3O4/c19-13-7-12(8-14(20)9-13)10-21-17(25)15-11-23(18(26)16(15)24)2-1-22-3-5-27-6-4-22/h7-9,11,24,26H,1-6,10H2,(H,21,25). The molecule has 0 bridgehead atoms. The second-order valence-corrected chi connectivity index (χ2v) is 6.32. The number of amides is 1. The number of rotatable bonds is 6. The molecular formula is C18H21F2N3O4. The Balaban J connectivity index is 1.62. The highest BCUT2D eigenvalue weighted by Gasteiger charge is 2.21. The first-order chi connectivity index (χ1) is 12.9. The van der Waals surface area contributed by atoms with Gasteiger partial charge in [-0.2, -0.15) is 0 Å². The van der Waals surface area contributed by atoms with E-state index in [9.17, 15) is 23.8 Å². The summed E-state index contributed by atoms with van der Waals surface area (Å²) in [4.78, 5) is 14.4. The lowest BCUT2D eigenvalue weighted by atomic mass is 10.2. The van der Waals surface area contributed by atoms with Gasteiger partial charge in [0.2, 0.25) is 5.88 Å². The summed E-state index contributed by atoms with van der Waals surface area (Å²) in [6.45, 7) is 3.77. The van der Waals surface area contributed by atoms with E-state index in [-0.39, 0.29) is 17.7 Å². The lowest BCUT2D eigenvalue weighted by molar-refractivity contribution is 0.0361. The molecule has 1 aliphatic heterocycles. The summed E-state index contributed by atoms with van der Waals surface area (Å²) in [6.07, 6.45) is 1.35. The summed E-state index contributed by atoms with van der Waals surface area (Å²) < 4.78 is 33.0. The summed E-state index contributed by atoms with van der Waals surface area (Å²) in [6, 6.07) is 2.95. The Labute approximate surface area is 154 Å². The number of hydrogen-bond acceptors (Lipinski definition) is 5. The largest absolute Gasteiger partial charge is 0.503 e. The molecule has 1 saturated heterocycles. The minimum Gasteiger partial charge on any atom is -0.503 e. The van der Waals surface area contributed by atoms with Crippen molar-refractivity contribution in [3.05, 3.63) is 47.2 Å². The van der Waals surface area contributed by atoms with Crippen LogP contribution < -0.4 is 5.32 Å². The van der Waals surface area contributed by atoms with E-state index in [4.69, 9.17) is 4.74 Å². The van der Waals surface area contributed by atoms with E-state index in [2.05, 4.69) is 10.2 Å². The van der Waals surface area contributed by atoms with E-state index < -0.39 is 29.2 Å². The van der Waals surface area contributed by atoms with Crippen molar-refractivity contribution in [2.24, 2.45) is 0 Å². The number of carbonyl (C=O) groups is 1. The SMILES string of the molecule is O=C(NCc1cc(F)cc(F)c1)c1cn(CCN2CCOCC2)c(O)c1O. The van der Waals surface area contributed by atoms with Gasteiger partial charge in [0.25, 0.3) is 5.91 Å². The Morgan fingerprint density at radius 1 is 1.11 bits per heavy atom. The number of morpholine rings is 1. The molecule has 1 amide bonds. The summed E-state index contributed by atoms with van der Waals surface area (Å²) >= 11 is 0. The fourth-order valence-electron chi connectivity index (χ4n) is 2.94. The number of carbonyl (C=O) groups excluding carboxylic acids is 1. The molecule has 2 aromatic rings. The van der Waals surface area contributed by atoms with Crippen molar-refractivity contribution in [2.45, 2.75) is 13.1 Å². The van der Waals surface area contributed by atoms with Gasteiger partial charge >= 0.3 is 0 Å². The first kappa shape index (κ1) is 19.1. The molecule has 1 aromatic heterocycles. The van der Waals surface area contributed by atoms with Crippen LogP contribution in [0, 0.1) is 11.6 Å². The molecule has 0 unspecified atom stereocenters. The normalized spacial score (nSPS) is 15.0. The van der Waals surface area contributed by atoms with Crippen LogP contribution in [-0.2, 0) is 17.8 Å². The zero-order valence-corrected chi connectivity index (χ0v) is 14.6. The highest BCUT2D eigenvalue weighted by Crippen LogP contribution is 2.31. The van der Waals surface area contributed by atoms with Crippen molar-refractivity contribution in [3.63, 3.8) is 0 Å². The highest BCUT2D eigenvalue weighted by atomic mass is 19.1. The average Bonchev–Trinajstić information content (AvgIpc) is 2.93. The molecule has 1 aliphatic rings. The molecule has 3 rings (SSSR count). The molecule has 0 atom stereocenters. The summed E-state index contributed by atoms with van der Waals surface area (Å²) in [5, 5.41) is 22.5. The van der Waals surface area contributed by atoms with Gasteiger partial charge in [-0.15, -0.1) is 0 Å². The van der Waals surface area contributed by atoms with Crippen LogP contribution in [0.15, 0.2) is 24.4 Å². The van der Waals surface area contributed by atoms with Crippen molar-refractivity contribution in [2.75, 3.05) is 32.8 Å². The lowest BCUT2D eigenvalue weighted by Crippen LogP contribution is -2.38. The fraction of sp³-hybridized carbons (Fsp3) is 0.389. The molecule has 3 N–H and O–H groups in total. The van der Waals surface area contributed by atoms with Crippen LogP contribution in [0.25, 0.3) is 0 Å². The number of ether oxygens (including phenoxy) is 1. The molecule has 1 aromatic carbocycles. The van der Waals surface area contributed by atoms with E-state index in [1.165, 1.54) is 10.8 Å². The van der Waals surface area contributed by atoms with Crippen molar-refractivity contribution >= 4 is 5.91 Å². The summed E-state index contributed by atoms with van der Waals surface area (Å²) in [5.74, 6) is -3.06. The first-order valence-electron chi connectivity index (χ1n) is 8.58. The van der Waals surface area contributed by atoms with Crippen LogP contribution in [0.2, 0.25) is 0 Å². The molecule has 1 fully saturated rings. The second-order valence-electron chi connectivity index (χ2n) is 6.32. The Bertz CT molecular complexity index is 799. The number of halogens is 2. The van der Waals surface area contributed by atoms with E-state index in [0.29, 0.717) is 26.3 Å². The van der Waals surface area contributed by atoms with Crippen LogP contribution in [0.5, 0.6) is 11.6 Å². The molecule has 0 aliphatic carbocycles. The first-order valence-corrected chi connectivity index (χ1v) is 8.58. The van der Waals surface area contributed by atoms with Crippen LogP contribution in [0.4, 0.5) is 8.78 Å². The number of nitrogens with one attached hydrogen (secondary N) is 1. The zero-order valence-electron chi connectivity index (χ0n) is 14.6. The van der Waals surface area contributed by atoms with Gasteiger partial charge in [-0.1, -0.05) is 0 Å². The molecule has 0 saturated carbocycles. The maximum Gasteiger partial charge on any atom is 0.257 e. The monoisotopic (exact) mass is 381 g/mol. The Kier molecular flexibility index (Phi) is 5.92. The fourth-order valence-corrected chi connectivity index (χ4v) is 2.94. The van der Waals surface area contributed by atoms with E-state index >= 15 is 0 Å². The van der Waals surface area contributed by atoms with E-state index in [0.717, 1.165) is 31.3 Å². The molecule has 2 heterocycles. The van der Waals surface area contributed by atoms with Gasteiger partial charge in [0.15, 0.2) is 5.75 Å². The maximum absolute atomic E-state index is 13.2. The number of benzene rings is 1. The van der Waals surface area contributed by atoms with E-state index in [1.54, 1.807) is 0 Å². The lowest BCUT2D eigenvalue weighted by Gasteiger charge is -2.26. The average molecular weight is 381 g/mol. The second kappa shape index (κ2) is 8.36. The van der Waals surface area contributed by atoms with Gasteiger partial charge in [-0.3, -0.25) is 9.69 Å². The van der Waals surface area contributed by atoms with Crippen LogP contribution >= 0.6 is 0 Å². The minimum atomic E-state index is -0.742. The van der Waals surface area contributed by atoms with Gasteiger partial charge in [0.1, 0.15) is 17.2 Å². The molecule has 0 radical (unpaired) electrons. The molecule has 27 heavy (non-hydrogen) atoms. The molecule has 9 heteroatoms. The van der Waals surface area contributed by atoms with Crippen LogP contribution in [0.1, 0.15) is 15.9 Å². The third-order valence-electron chi connectivity index (χ3n) is 4.40. The molecular weight excluding hydrogens is 360 g/mol. The third kappa shape index (κ3) is 4.75. The Hall–Kier alpha value is -2.65. The van der Waals surface area contributed by atoms with Gasteiger partial charge in [-0.25, -0.2) is 8.78 Å². The van der Waals surface area contributed by atoms with E-state index in [1.807, 2.05) is 0 Å². The van der Waals surface area contributed by atoms with Gasteiger partial charge in [0.05, 0.1) is 13.2 Å². The molecule has 0 spiro atoms. The number of aromatic hydroxyl groups is 2. The number of aromatic nitrogens is 1. The molecule has 7 nitrogen and oxygen atoms in total. The number of hydrogen-bond donors (Lipinski definition) is 3. The van der Waals surface area contributed by atoms with Gasteiger partial charge in [0, 0.05) is 45.0 Å². The zero-order chi connectivity index (χ0) is 19.4. The summed E-state index contributed by atoms with van der Waals surface area (Å²) in [5.41, 5.74) is 0.141. The maximum atomic E-state index is 13.2. The van der Waals surface area contributed by atoms with Gasteiger partial charge in [-0.05, 0) is 17.7 Å². The van der Waals surface area contributed by atoms with Gasteiger partial charge < -0.3 is 24.8 Å². The van der Waals surface area contributed by atoms with Crippen molar-refractivity contribution in [1.82, 2.24) is 14.8 Å². The molecule has 146 valence electrons. The predicted octanol–water partition coefficient (Wildman–Crippen LogP) is 1.44.